The van der Waals surface area contributed by atoms with Crippen molar-refractivity contribution in [1.29, 1.82) is 0 Å². The van der Waals surface area contributed by atoms with Crippen molar-refractivity contribution in [2.24, 2.45) is 13.0 Å². The van der Waals surface area contributed by atoms with Gasteiger partial charge in [0.05, 0.1) is 6.33 Å². The van der Waals surface area contributed by atoms with Crippen molar-refractivity contribution in [2.45, 2.75) is 26.7 Å². The van der Waals surface area contributed by atoms with Crippen molar-refractivity contribution in [3.63, 3.8) is 0 Å². The zero-order valence-electron chi connectivity index (χ0n) is 7.70. The Kier molecular flexibility index (Phi) is 2.32. The van der Waals surface area contributed by atoms with Crippen molar-refractivity contribution in [1.82, 2.24) is 9.55 Å². The first-order valence-corrected chi connectivity index (χ1v) is 4.09. The van der Waals surface area contributed by atoms with Gasteiger partial charge < -0.3 is 4.57 Å². The lowest BCUT2D eigenvalue weighted by Gasteiger charge is -2.15. The highest BCUT2D eigenvalue weighted by molar-refractivity contribution is 5.05. The lowest BCUT2D eigenvalue weighted by Crippen LogP contribution is -2.06. The SMILES string of the molecule is CC(C)C(C)c1cncn1C. The van der Waals surface area contributed by atoms with Crippen LogP contribution in [0.3, 0.4) is 0 Å². The second-order valence-corrected chi connectivity index (χ2v) is 3.46. The van der Waals surface area contributed by atoms with Crippen LogP contribution in [0.2, 0.25) is 0 Å². The van der Waals surface area contributed by atoms with Crippen LogP contribution in [0.25, 0.3) is 0 Å². The summed E-state index contributed by atoms with van der Waals surface area (Å²) in [4.78, 5) is 4.09. The van der Waals surface area contributed by atoms with Crippen LogP contribution in [0, 0.1) is 5.92 Å². The van der Waals surface area contributed by atoms with Gasteiger partial charge in [-0.3, -0.25) is 0 Å². The average Bonchev–Trinajstić information content (AvgIpc) is 2.33. The van der Waals surface area contributed by atoms with Gasteiger partial charge in [0.1, 0.15) is 0 Å². The second kappa shape index (κ2) is 3.07. The summed E-state index contributed by atoms with van der Waals surface area (Å²) in [5.41, 5.74) is 1.32. The standard InChI is InChI=1S/C9H16N2/c1-7(2)8(3)9-5-10-6-11(9)4/h5-8H,1-4H3. The Morgan fingerprint density at radius 3 is 2.36 bits per heavy atom. The molecule has 0 aliphatic carbocycles. The average molecular weight is 152 g/mol. The maximum absolute atomic E-state index is 4.09. The Morgan fingerprint density at radius 2 is 2.00 bits per heavy atom. The number of aryl methyl sites for hydroxylation is 1. The summed E-state index contributed by atoms with van der Waals surface area (Å²) in [7, 11) is 2.04. The molecule has 0 fully saturated rings. The van der Waals surface area contributed by atoms with Crippen LogP contribution in [0.15, 0.2) is 12.5 Å². The Morgan fingerprint density at radius 1 is 1.36 bits per heavy atom. The molecule has 1 unspecified atom stereocenters. The minimum absolute atomic E-state index is 0.600. The van der Waals surface area contributed by atoms with Gasteiger partial charge in [-0.15, -0.1) is 0 Å². The third-order valence-corrected chi connectivity index (χ3v) is 2.32. The Labute approximate surface area is 68.3 Å². The zero-order valence-corrected chi connectivity index (χ0v) is 7.70. The smallest absolute Gasteiger partial charge is 0.0945 e. The molecule has 1 heterocycles. The molecule has 1 rings (SSSR count). The van der Waals surface area contributed by atoms with Gasteiger partial charge in [0.2, 0.25) is 0 Å². The molecular formula is C9H16N2. The number of nitrogens with zero attached hydrogens (tertiary/aromatic N) is 2. The number of hydrogen-bond acceptors (Lipinski definition) is 1. The highest BCUT2D eigenvalue weighted by Gasteiger charge is 2.12. The Hall–Kier alpha value is -0.790. The molecule has 2 nitrogen and oxygen atoms in total. The van der Waals surface area contributed by atoms with E-state index in [1.165, 1.54) is 5.69 Å². The molecular weight excluding hydrogens is 136 g/mol. The molecule has 0 aromatic carbocycles. The van der Waals surface area contributed by atoms with E-state index in [4.69, 9.17) is 0 Å². The summed E-state index contributed by atoms with van der Waals surface area (Å²) < 4.78 is 2.09. The molecule has 0 aliphatic heterocycles. The molecule has 0 amide bonds. The van der Waals surface area contributed by atoms with Gasteiger partial charge in [-0.2, -0.15) is 0 Å². The van der Waals surface area contributed by atoms with Gasteiger partial charge in [-0.1, -0.05) is 20.8 Å². The summed E-state index contributed by atoms with van der Waals surface area (Å²) in [6.07, 6.45) is 3.80. The molecule has 0 saturated carbocycles. The van der Waals surface area contributed by atoms with Crippen LogP contribution in [0.1, 0.15) is 32.4 Å². The molecule has 0 saturated heterocycles. The predicted octanol–water partition coefficient (Wildman–Crippen LogP) is 2.18. The van der Waals surface area contributed by atoms with Crippen molar-refractivity contribution in [3.05, 3.63) is 18.2 Å². The molecule has 1 aromatic rings. The van der Waals surface area contributed by atoms with E-state index < -0.39 is 0 Å². The second-order valence-electron chi connectivity index (χ2n) is 3.46. The highest BCUT2D eigenvalue weighted by atomic mass is 15.0. The lowest BCUT2D eigenvalue weighted by atomic mass is 9.95. The van der Waals surface area contributed by atoms with E-state index in [0.717, 1.165) is 0 Å². The molecule has 0 bridgehead atoms. The first kappa shape index (κ1) is 8.31. The van der Waals surface area contributed by atoms with E-state index in [2.05, 4.69) is 30.3 Å². The molecule has 11 heavy (non-hydrogen) atoms. The van der Waals surface area contributed by atoms with Gasteiger partial charge >= 0.3 is 0 Å². The molecule has 62 valence electrons. The van der Waals surface area contributed by atoms with Crippen LogP contribution in [-0.2, 0) is 7.05 Å². The summed E-state index contributed by atoms with van der Waals surface area (Å²) in [6.45, 7) is 6.71. The number of imidazole rings is 1. The predicted molar refractivity (Wildman–Crippen MR) is 46.5 cm³/mol. The van der Waals surface area contributed by atoms with Gasteiger partial charge in [-0.05, 0) is 5.92 Å². The number of aromatic nitrogens is 2. The molecule has 0 N–H and O–H groups in total. The Bertz CT molecular complexity index is 225. The van der Waals surface area contributed by atoms with Gasteiger partial charge in [-0.25, -0.2) is 4.98 Å². The fourth-order valence-electron chi connectivity index (χ4n) is 1.15. The third-order valence-electron chi connectivity index (χ3n) is 2.32. The van der Waals surface area contributed by atoms with Gasteiger partial charge in [0, 0.05) is 24.9 Å². The van der Waals surface area contributed by atoms with Crippen LogP contribution in [0.5, 0.6) is 0 Å². The summed E-state index contributed by atoms with van der Waals surface area (Å²) in [6, 6.07) is 0. The van der Waals surface area contributed by atoms with Crippen molar-refractivity contribution in [3.8, 4) is 0 Å². The van der Waals surface area contributed by atoms with Crippen LogP contribution in [-0.4, -0.2) is 9.55 Å². The van der Waals surface area contributed by atoms with E-state index >= 15 is 0 Å². The largest absolute Gasteiger partial charge is 0.337 e. The fraction of sp³-hybridized carbons (Fsp3) is 0.667. The normalized spacial score (nSPS) is 13.9. The van der Waals surface area contributed by atoms with Gasteiger partial charge in [0.15, 0.2) is 0 Å². The van der Waals surface area contributed by atoms with E-state index in [0.29, 0.717) is 11.8 Å². The summed E-state index contributed by atoms with van der Waals surface area (Å²) >= 11 is 0. The maximum atomic E-state index is 4.09. The van der Waals surface area contributed by atoms with Crippen LogP contribution < -0.4 is 0 Å². The minimum atomic E-state index is 0.600. The molecule has 2 heteroatoms. The van der Waals surface area contributed by atoms with E-state index in [-0.39, 0.29) is 0 Å². The fourth-order valence-corrected chi connectivity index (χ4v) is 1.15. The van der Waals surface area contributed by atoms with Crippen LogP contribution in [0.4, 0.5) is 0 Å². The lowest BCUT2D eigenvalue weighted by molar-refractivity contribution is 0.510. The molecule has 1 aromatic heterocycles. The molecule has 1 atom stereocenters. The first-order valence-electron chi connectivity index (χ1n) is 4.09. The maximum Gasteiger partial charge on any atom is 0.0945 e. The number of hydrogen-bond donors (Lipinski definition) is 0. The van der Waals surface area contributed by atoms with E-state index in [1.54, 1.807) is 0 Å². The van der Waals surface area contributed by atoms with Gasteiger partial charge in [0.25, 0.3) is 0 Å². The van der Waals surface area contributed by atoms with Crippen molar-refractivity contribution >= 4 is 0 Å². The highest BCUT2D eigenvalue weighted by Crippen LogP contribution is 2.21. The Balaban J connectivity index is 2.84. The molecule has 0 radical (unpaired) electrons. The van der Waals surface area contributed by atoms with Crippen LogP contribution >= 0.6 is 0 Å². The zero-order chi connectivity index (χ0) is 8.43. The third kappa shape index (κ3) is 1.62. The van der Waals surface area contributed by atoms with Crippen molar-refractivity contribution in [2.75, 3.05) is 0 Å². The topological polar surface area (TPSA) is 17.8 Å². The quantitative estimate of drug-likeness (QED) is 0.635. The number of rotatable bonds is 2. The van der Waals surface area contributed by atoms with E-state index in [1.807, 2.05) is 19.6 Å². The summed E-state index contributed by atoms with van der Waals surface area (Å²) in [5.74, 6) is 1.29. The van der Waals surface area contributed by atoms with Crippen molar-refractivity contribution < 1.29 is 0 Å². The minimum Gasteiger partial charge on any atom is -0.337 e. The molecule has 0 aliphatic rings. The monoisotopic (exact) mass is 152 g/mol. The molecule has 0 spiro atoms. The van der Waals surface area contributed by atoms with E-state index in [9.17, 15) is 0 Å². The summed E-state index contributed by atoms with van der Waals surface area (Å²) in [5, 5.41) is 0. The first-order chi connectivity index (χ1) is 5.13.